The molecule has 1 aromatic carbocycles. The van der Waals surface area contributed by atoms with Crippen LogP contribution in [0.4, 0.5) is 5.69 Å². The van der Waals surface area contributed by atoms with Gasteiger partial charge in [-0.1, -0.05) is 0 Å². The summed E-state index contributed by atoms with van der Waals surface area (Å²) in [5.41, 5.74) is 3.37. The van der Waals surface area contributed by atoms with E-state index in [4.69, 9.17) is 0 Å². The maximum absolute atomic E-state index is 13.2. The van der Waals surface area contributed by atoms with Crippen molar-refractivity contribution in [3.63, 3.8) is 0 Å². The largest absolute Gasteiger partial charge is 0.332 e. The molecular formula is C20H23N3O3S. The van der Waals surface area contributed by atoms with E-state index < -0.39 is 10.0 Å². The highest BCUT2D eigenvalue weighted by Crippen LogP contribution is 2.34. The number of nitrogens with zero attached hydrogens (tertiary/aromatic N) is 3. The number of hydrogen-bond acceptors (Lipinski definition) is 4. The van der Waals surface area contributed by atoms with Gasteiger partial charge in [-0.3, -0.25) is 14.1 Å². The van der Waals surface area contributed by atoms with Crippen molar-refractivity contribution in [3.05, 3.63) is 59.4 Å². The predicted octanol–water partition coefficient (Wildman–Crippen LogP) is 2.77. The average molecular weight is 385 g/mol. The number of carbonyl (C=O) groups is 1. The van der Waals surface area contributed by atoms with Crippen LogP contribution in [0.3, 0.4) is 0 Å². The number of fused-ring (bicyclic) bond motifs is 1. The van der Waals surface area contributed by atoms with Crippen LogP contribution >= 0.6 is 0 Å². The lowest BCUT2D eigenvalue weighted by molar-refractivity contribution is 0.0735. The molecule has 3 heterocycles. The van der Waals surface area contributed by atoms with Gasteiger partial charge in [0.25, 0.3) is 5.91 Å². The Balaban J connectivity index is 1.63. The Morgan fingerprint density at radius 1 is 1.11 bits per heavy atom. The number of rotatable bonds is 3. The summed E-state index contributed by atoms with van der Waals surface area (Å²) in [6.07, 6.45) is 8.22. The Morgan fingerprint density at radius 3 is 2.63 bits per heavy atom. The van der Waals surface area contributed by atoms with E-state index in [1.807, 2.05) is 23.1 Å². The molecule has 27 heavy (non-hydrogen) atoms. The zero-order valence-electron chi connectivity index (χ0n) is 15.3. The fourth-order valence-corrected chi connectivity index (χ4v) is 5.14. The number of likely N-dealkylation sites (tertiary alicyclic amines) is 1. The number of anilines is 1. The molecule has 0 spiro atoms. The number of benzene rings is 1. The first kappa shape index (κ1) is 18.0. The van der Waals surface area contributed by atoms with Crippen molar-refractivity contribution in [1.82, 2.24) is 9.88 Å². The highest BCUT2D eigenvalue weighted by atomic mass is 32.2. The normalized spacial score (nSPS) is 19.8. The van der Waals surface area contributed by atoms with Crippen molar-refractivity contribution in [1.29, 1.82) is 0 Å². The van der Waals surface area contributed by atoms with E-state index in [9.17, 15) is 13.2 Å². The standard InChI is InChI=1S/C20H23N3O3S/c1-27(25,26)23-13-2-4-16-14-17(6-7-19(16)23)20(24)22-12-3-5-18(22)15-8-10-21-11-9-15/h6-11,14,18H,2-5,12-13H2,1H3. The van der Waals surface area contributed by atoms with E-state index in [1.54, 1.807) is 24.5 Å². The van der Waals surface area contributed by atoms with Gasteiger partial charge in [0.2, 0.25) is 10.0 Å². The lowest BCUT2D eigenvalue weighted by Crippen LogP contribution is -2.35. The zero-order valence-corrected chi connectivity index (χ0v) is 16.2. The van der Waals surface area contributed by atoms with Gasteiger partial charge in [-0.05, 0) is 67.1 Å². The van der Waals surface area contributed by atoms with Gasteiger partial charge < -0.3 is 4.90 Å². The minimum absolute atomic E-state index is 0.00795. The van der Waals surface area contributed by atoms with Crippen LogP contribution in [0.2, 0.25) is 0 Å². The van der Waals surface area contributed by atoms with Crippen LogP contribution in [0.1, 0.15) is 46.8 Å². The molecule has 6 nitrogen and oxygen atoms in total. The molecule has 1 aromatic heterocycles. The van der Waals surface area contributed by atoms with Gasteiger partial charge in [-0.2, -0.15) is 0 Å². The summed E-state index contributed by atoms with van der Waals surface area (Å²) < 4.78 is 25.5. The Labute approximate surface area is 159 Å². The minimum atomic E-state index is -3.30. The van der Waals surface area contributed by atoms with Crippen molar-refractivity contribution in [2.75, 3.05) is 23.7 Å². The second-order valence-electron chi connectivity index (χ2n) is 7.22. The molecule has 1 fully saturated rings. The van der Waals surface area contributed by atoms with E-state index >= 15 is 0 Å². The molecular weight excluding hydrogens is 362 g/mol. The molecule has 0 aliphatic carbocycles. The average Bonchev–Trinajstić information content (AvgIpc) is 3.16. The molecule has 4 rings (SSSR count). The van der Waals surface area contributed by atoms with Gasteiger partial charge in [-0.15, -0.1) is 0 Å². The quantitative estimate of drug-likeness (QED) is 0.815. The molecule has 142 valence electrons. The summed E-state index contributed by atoms with van der Waals surface area (Å²) in [5.74, 6) is 0.00795. The second-order valence-corrected chi connectivity index (χ2v) is 9.13. The molecule has 1 amide bonds. The van der Waals surface area contributed by atoms with E-state index in [-0.39, 0.29) is 11.9 Å². The molecule has 7 heteroatoms. The number of aryl methyl sites for hydroxylation is 1. The smallest absolute Gasteiger partial charge is 0.254 e. The van der Waals surface area contributed by atoms with Crippen molar-refractivity contribution >= 4 is 21.6 Å². The number of carbonyl (C=O) groups excluding carboxylic acids is 1. The maximum atomic E-state index is 13.2. The van der Waals surface area contributed by atoms with Gasteiger partial charge in [0.1, 0.15) is 0 Å². The van der Waals surface area contributed by atoms with E-state index in [2.05, 4.69) is 4.98 Å². The molecule has 0 saturated carbocycles. The van der Waals surface area contributed by atoms with Gasteiger partial charge in [-0.25, -0.2) is 8.42 Å². The van der Waals surface area contributed by atoms with Crippen molar-refractivity contribution in [3.8, 4) is 0 Å². The van der Waals surface area contributed by atoms with Crippen LogP contribution in [-0.4, -0.2) is 43.6 Å². The van der Waals surface area contributed by atoms with Gasteiger partial charge in [0.05, 0.1) is 18.0 Å². The van der Waals surface area contributed by atoms with E-state index in [1.165, 1.54) is 10.6 Å². The Bertz CT molecular complexity index is 960. The van der Waals surface area contributed by atoms with E-state index in [0.29, 0.717) is 17.8 Å². The van der Waals surface area contributed by atoms with E-state index in [0.717, 1.165) is 43.4 Å². The van der Waals surface area contributed by atoms with Crippen LogP contribution < -0.4 is 4.31 Å². The molecule has 0 bridgehead atoms. The summed E-state index contributed by atoms with van der Waals surface area (Å²) in [7, 11) is -3.30. The summed E-state index contributed by atoms with van der Waals surface area (Å²) in [6, 6.07) is 9.41. The summed E-state index contributed by atoms with van der Waals surface area (Å²) in [5, 5.41) is 0. The molecule has 2 aromatic rings. The molecule has 1 saturated heterocycles. The van der Waals surface area contributed by atoms with Gasteiger partial charge in [0, 0.05) is 31.0 Å². The first-order valence-electron chi connectivity index (χ1n) is 9.27. The zero-order chi connectivity index (χ0) is 19.0. The third-order valence-electron chi connectivity index (χ3n) is 5.41. The maximum Gasteiger partial charge on any atom is 0.254 e. The number of pyridine rings is 1. The first-order valence-corrected chi connectivity index (χ1v) is 11.1. The van der Waals surface area contributed by atoms with Crippen LogP contribution in [0.25, 0.3) is 0 Å². The number of sulfonamides is 1. The van der Waals surface area contributed by atoms with Gasteiger partial charge in [0.15, 0.2) is 0 Å². The molecule has 1 unspecified atom stereocenters. The Morgan fingerprint density at radius 2 is 1.89 bits per heavy atom. The molecule has 0 N–H and O–H groups in total. The second kappa shape index (κ2) is 6.96. The summed E-state index contributed by atoms with van der Waals surface area (Å²) in [4.78, 5) is 19.2. The number of aromatic nitrogens is 1. The highest BCUT2D eigenvalue weighted by Gasteiger charge is 2.31. The third-order valence-corrected chi connectivity index (χ3v) is 6.59. The third kappa shape index (κ3) is 3.43. The predicted molar refractivity (Wildman–Crippen MR) is 104 cm³/mol. The monoisotopic (exact) mass is 385 g/mol. The van der Waals surface area contributed by atoms with Crippen molar-refractivity contribution in [2.45, 2.75) is 31.7 Å². The van der Waals surface area contributed by atoms with Crippen LogP contribution in [0.15, 0.2) is 42.7 Å². The summed E-state index contributed by atoms with van der Waals surface area (Å²) >= 11 is 0. The lowest BCUT2D eigenvalue weighted by atomic mass is 9.99. The highest BCUT2D eigenvalue weighted by molar-refractivity contribution is 7.92. The Kier molecular flexibility index (Phi) is 4.63. The molecule has 1 atom stereocenters. The minimum Gasteiger partial charge on any atom is -0.332 e. The Hall–Kier alpha value is -2.41. The van der Waals surface area contributed by atoms with Gasteiger partial charge >= 0.3 is 0 Å². The fourth-order valence-electron chi connectivity index (χ4n) is 4.15. The van der Waals surface area contributed by atoms with Crippen molar-refractivity contribution < 1.29 is 13.2 Å². The molecule has 2 aliphatic rings. The lowest BCUT2D eigenvalue weighted by Gasteiger charge is -2.30. The van der Waals surface area contributed by atoms with Crippen LogP contribution in [0.5, 0.6) is 0 Å². The number of hydrogen-bond donors (Lipinski definition) is 0. The summed E-state index contributed by atoms with van der Waals surface area (Å²) in [6.45, 7) is 1.23. The first-order chi connectivity index (χ1) is 12.9. The van der Waals surface area contributed by atoms with Crippen LogP contribution in [-0.2, 0) is 16.4 Å². The number of amides is 1. The SMILES string of the molecule is CS(=O)(=O)N1CCCc2cc(C(=O)N3CCCC3c3ccncc3)ccc21. The topological polar surface area (TPSA) is 70.6 Å². The molecule has 0 radical (unpaired) electrons. The fraction of sp³-hybridized carbons (Fsp3) is 0.400. The van der Waals surface area contributed by atoms with Crippen molar-refractivity contribution in [2.24, 2.45) is 0 Å². The molecule has 2 aliphatic heterocycles. The van der Waals surface area contributed by atoms with Crippen LogP contribution in [0, 0.1) is 0 Å².